The normalized spacial score (nSPS) is 9.14. The highest BCUT2D eigenvalue weighted by atomic mass is 32.1. The van der Waals surface area contributed by atoms with Crippen molar-refractivity contribution in [2.45, 2.75) is 0 Å². The van der Waals surface area contributed by atoms with Gasteiger partial charge in [-0.05, 0) is 17.5 Å². The van der Waals surface area contributed by atoms with Crippen molar-refractivity contribution < 1.29 is 4.43 Å². The summed E-state index contributed by atoms with van der Waals surface area (Å²) in [5, 5.41) is 3.04. The number of thiophene rings is 1. The van der Waals surface area contributed by atoms with Gasteiger partial charge < -0.3 is 4.43 Å². The van der Waals surface area contributed by atoms with Crippen molar-refractivity contribution in [3.63, 3.8) is 0 Å². The first-order chi connectivity index (χ1) is 3.43. The Labute approximate surface area is 49.5 Å². The molecule has 0 aliphatic rings. The van der Waals surface area contributed by atoms with E-state index in [1.807, 2.05) is 17.5 Å². The van der Waals surface area contributed by atoms with E-state index in [4.69, 9.17) is 4.43 Å². The van der Waals surface area contributed by atoms with Crippen LogP contribution in [0.4, 0.5) is 0 Å². The first-order valence-electron chi connectivity index (χ1n) is 2.01. The van der Waals surface area contributed by atoms with Gasteiger partial charge in [-0.25, -0.2) is 0 Å². The van der Waals surface area contributed by atoms with Crippen LogP contribution < -0.4 is 4.43 Å². The molecule has 0 unspecified atom stereocenters. The van der Waals surface area contributed by atoms with E-state index in [9.17, 15) is 0 Å². The second-order valence-corrected chi connectivity index (χ2v) is 2.45. The lowest BCUT2D eigenvalue weighted by atomic mass is 10.7. The second-order valence-electron chi connectivity index (χ2n) is 1.14. The van der Waals surface area contributed by atoms with Gasteiger partial charge in [-0.2, -0.15) is 0 Å². The molecule has 0 fully saturated rings. The molecule has 1 aromatic heterocycles. The first kappa shape index (κ1) is 4.87. The van der Waals surface area contributed by atoms with Crippen LogP contribution in [-0.2, 0) is 0 Å². The number of rotatable bonds is 1. The molecule has 0 saturated carbocycles. The average molecular weight is 130 g/mol. The van der Waals surface area contributed by atoms with E-state index in [0.29, 0.717) is 0 Å². The molecule has 0 radical (unpaired) electrons. The summed E-state index contributed by atoms with van der Waals surface area (Å²) in [5.74, 6) is 0. The zero-order valence-electron chi connectivity index (χ0n) is 4.05. The highest BCUT2D eigenvalue weighted by molar-refractivity contribution is 7.11. The molecule has 7 heavy (non-hydrogen) atoms. The molecular formula is C4H6OSSi. The van der Waals surface area contributed by atoms with E-state index in [1.54, 1.807) is 11.3 Å². The molecule has 0 aromatic carbocycles. The third kappa shape index (κ3) is 1.04. The molecule has 0 saturated heterocycles. The Bertz CT molecular complexity index is 126. The van der Waals surface area contributed by atoms with Gasteiger partial charge >= 0.3 is 0 Å². The molecule has 0 aliphatic heterocycles. The van der Waals surface area contributed by atoms with Gasteiger partial charge in [-0.3, -0.25) is 0 Å². The molecule has 0 amide bonds. The van der Waals surface area contributed by atoms with E-state index in [2.05, 4.69) is 0 Å². The number of hydrogen-bond donors (Lipinski definition) is 0. The lowest BCUT2D eigenvalue weighted by Crippen LogP contribution is -1.77. The highest BCUT2D eigenvalue weighted by Crippen LogP contribution is 2.16. The Morgan fingerprint density at radius 3 is 2.86 bits per heavy atom. The van der Waals surface area contributed by atoms with Crippen molar-refractivity contribution in [2.24, 2.45) is 0 Å². The predicted molar refractivity (Wildman–Crippen MR) is 34.9 cm³/mol. The number of hydrogen-bond acceptors (Lipinski definition) is 2. The smallest absolute Gasteiger partial charge is 0.205 e. The van der Waals surface area contributed by atoms with Crippen LogP contribution in [0.15, 0.2) is 17.5 Å². The van der Waals surface area contributed by atoms with Gasteiger partial charge in [-0.1, -0.05) is 0 Å². The molecule has 1 rings (SSSR count). The monoisotopic (exact) mass is 130 g/mol. The molecular weight excluding hydrogens is 124 g/mol. The average Bonchev–Trinajstić information content (AvgIpc) is 2.14. The fraction of sp³-hybridized carbons (Fsp3) is 0. The molecule has 1 heterocycles. The SMILES string of the molecule is [SiH3]Oc1cccs1. The van der Waals surface area contributed by atoms with Crippen LogP contribution in [0.5, 0.6) is 5.06 Å². The minimum Gasteiger partial charge on any atom is -0.546 e. The first-order valence-corrected chi connectivity index (χ1v) is 3.70. The van der Waals surface area contributed by atoms with Gasteiger partial charge in [0.05, 0.1) is 0 Å². The molecule has 38 valence electrons. The van der Waals surface area contributed by atoms with Crippen LogP contribution >= 0.6 is 11.3 Å². The maximum absolute atomic E-state index is 5.01. The summed E-state index contributed by atoms with van der Waals surface area (Å²) in [6.07, 6.45) is 0. The van der Waals surface area contributed by atoms with Gasteiger partial charge in [0.15, 0.2) is 5.06 Å². The Morgan fingerprint density at radius 2 is 2.57 bits per heavy atom. The topological polar surface area (TPSA) is 9.23 Å². The van der Waals surface area contributed by atoms with Crippen molar-refractivity contribution in [1.82, 2.24) is 0 Å². The lowest BCUT2D eigenvalue weighted by Gasteiger charge is -1.87. The minimum absolute atomic E-state index is 0.802. The summed E-state index contributed by atoms with van der Waals surface area (Å²) in [6, 6.07) is 3.95. The molecule has 0 N–H and O–H groups in total. The fourth-order valence-electron chi connectivity index (χ4n) is 0.380. The molecule has 0 atom stereocenters. The second kappa shape index (κ2) is 2.14. The largest absolute Gasteiger partial charge is 0.546 e. The molecule has 3 heteroatoms. The Kier molecular flexibility index (Phi) is 1.48. The third-order valence-corrected chi connectivity index (χ3v) is 2.26. The third-order valence-electron chi connectivity index (χ3n) is 0.696. The van der Waals surface area contributed by atoms with Crippen molar-refractivity contribution in [3.05, 3.63) is 17.5 Å². The predicted octanol–water partition coefficient (Wildman–Crippen LogP) is 0.407. The van der Waals surface area contributed by atoms with Gasteiger partial charge in [0, 0.05) is 0 Å². The van der Waals surface area contributed by atoms with Crippen LogP contribution in [0.3, 0.4) is 0 Å². The van der Waals surface area contributed by atoms with Crippen LogP contribution in [0, 0.1) is 0 Å². The Balaban J connectivity index is 2.76. The summed E-state index contributed by atoms with van der Waals surface area (Å²) in [4.78, 5) is 0. The zero-order chi connectivity index (χ0) is 5.11. The van der Waals surface area contributed by atoms with Crippen molar-refractivity contribution in [2.75, 3.05) is 0 Å². The maximum atomic E-state index is 5.01. The van der Waals surface area contributed by atoms with E-state index in [-0.39, 0.29) is 0 Å². The van der Waals surface area contributed by atoms with Crippen LogP contribution in [0.25, 0.3) is 0 Å². The summed E-state index contributed by atoms with van der Waals surface area (Å²) in [7, 11) is 0.802. The van der Waals surface area contributed by atoms with Crippen molar-refractivity contribution >= 4 is 21.8 Å². The van der Waals surface area contributed by atoms with Gasteiger partial charge in [0.25, 0.3) is 0 Å². The maximum Gasteiger partial charge on any atom is 0.205 e. The molecule has 0 aliphatic carbocycles. The van der Waals surface area contributed by atoms with E-state index in [0.717, 1.165) is 15.5 Å². The standard InChI is InChI=1S/C4H6OSSi/c7-5-4-2-1-3-6-4/h1-3H,7H3. The summed E-state index contributed by atoms with van der Waals surface area (Å²) < 4.78 is 5.01. The summed E-state index contributed by atoms with van der Waals surface area (Å²) in [6.45, 7) is 0. The van der Waals surface area contributed by atoms with Gasteiger partial charge in [-0.15, -0.1) is 11.3 Å². The molecule has 1 aromatic rings. The zero-order valence-corrected chi connectivity index (χ0v) is 6.87. The lowest BCUT2D eigenvalue weighted by molar-refractivity contribution is 0.635. The summed E-state index contributed by atoms with van der Waals surface area (Å²) >= 11 is 1.64. The van der Waals surface area contributed by atoms with Gasteiger partial charge in [0.2, 0.25) is 10.5 Å². The quantitative estimate of drug-likeness (QED) is 0.500. The fourth-order valence-corrected chi connectivity index (χ4v) is 1.35. The van der Waals surface area contributed by atoms with Crippen LogP contribution in [0.2, 0.25) is 0 Å². The van der Waals surface area contributed by atoms with Crippen LogP contribution in [-0.4, -0.2) is 10.5 Å². The highest BCUT2D eigenvalue weighted by Gasteiger charge is 1.82. The Morgan fingerprint density at radius 1 is 1.71 bits per heavy atom. The van der Waals surface area contributed by atoms with Crippen molar-refractivity contribution in [1.29, 1.82) is 0 Å². The molecule has 0 bridgehead atoms. The van der Waals surface area contributed by atoms with E-state index >= 15 is 0 Å². The molecule has 0 spiro atoms. The van der Waals surface area contributed by atoms with Crippen molar-refractivity contribution in [3.8, 4) is 5.06 Å². The van der Waals surface area contributed by atoms with E-state index < -0.39 is 0 Å². The molecule has 1 nitrogen and oxygen atoms in total. The van der Waals surface area contributed by atoms with Crippen LogP contribution in [0.1, 0.15) is 0 Å². The summed E-state index contributed by atoms with van der Waals surface area (Å²) in [5.41, 5.74) is 0. The van der Waals surface area contributed by atoms with Gasteiger partial charge in [0.1, 0.15) is 0 Å². The Hall–Kier alpha value is -0.283. The minimum atomic E-state index is 0.802. The van der Waals surface area contributed by atoms with E-state index in [1.165, 1.54) is 0 Å².